The van der Waals surface area contributed by atoms with Crippen LogP contribution in [0.3, 0.4) is 0 Å². The summed E-state index contributed by atoms with van der Waals surface area (Å²) < 4.78 is 6.56. The number of benzene rings is 5. The van der Waals surface area contributed by atoms with E-state index >= 15 is 0 Å². The van der Waals surface area contributed by atoms with Crippen LogP contribution in [-0.2, 0) is 0 Å². The molecule has 5 aromatic carbocycles. The van der Waals surface area contributed by atoms with Gasteiger partial charge in [0.15, 0.2) is 11.6 Å². The summed E-state index contributed by atoms with van der Waals surface area (Å²) in [6.07, 6.45) is 7.12. The predicted octanol–water partition coefficient (Wildman–Crippen LogP) is 9.59. The van der Waals surface area contributed by atoms with Gasteiger partial charge in [-0.15, -0.1) is 5.10 Å². The van der Waals surface area contributed by atoms with Crippen LogP contribution in [0, 0.1) is 0 Å². The van der Waals surface area contributed by atoms with Gasteiger partial charge in [-0.2, -0.15) is 0 Å². The van der Waals surface area contributed by atoms with Crippen LogP contribution >= 0.6 is 0 Å². The maximum atomic E-state index is 5.04. The van der Waals surface area contributed by atoms with Crippen molar-refractivity contribution in [2.45, 2.75) is 0 Å². The van der Waals surface area contributed by atoms with Crippen molar-refractivity contribution in [2.75, 3.05) is 0 Å². The Balaban J connectivity index is 1.15. The molecule has 0 spiro atoms. The molecule has 0 aliphatic rings. The lowest BCUT2D eigenvalue weighted by molar-refractivity contribution is 0.883. The second-order valence-electron chi connectivity index (χ2n) is 12.1. The summed E-state index contributed by atoms with van der Waals surface area (Å²) in [4.78, 5) is 13.7. The standard InChI is InChI=1S/C42H27N7/c1-4-17-37-33(14-1)34-15-2-5-18-38(34)47(37)30-11-7-12-31(25-30)48-39-19-6-3-16-35(39)36-24-28(20-21-40(36)48)41-45-42(29-10-8-22-43-26-29)49(46-41)32-13-9-23-44-27-32/h1-27H. The van der Waals surface area contributed by atoms with Gasteiger partial charge in [-0.3, -0.25) is 9.97 Å². The zero-order valence-electron chi connectivity index (χ0n) is 26.2. The molecule has 230 valence electrons. The molecule has 0 bridgehead atoms. The lowest BCUT2D eigenvalue weighted by Crippen LogP contribution is -2.00. The zero-order valence-corrected chi connectivity index (χ0v) is 26.2. The SMILES string of the molecule is c1cncc(-c2nc(-c3ccc4c(c3)c3ccccc3n4-c3cccc(-n4c5ccccc5c5ccccc54)c3)nn2-c2cccnc2)c1. The van der Waals surface area contributed by atoms with E-state index in [4.69, 9.17) is 10.1 Å². The number of hydrogen-bond acceptors (Lipinski definition) is 4. The number of fused-ring (bicyclic) bond motifs is 6. The molecule has 7 nitrogen and oxygen atoms in total. The first-order chi connectivity index (χ1) is 24.3. The number of nitrogens with zero attached hydrogens (tertiary/aromatic N) is 7. The van der Waals surface area contributed by atoms with Crippen molar-refractivity contribution in [3.8, 4) is 39.8 Å². The van der Waals surface area contributed by atoms with E-state index < -0.39 is 0 Å². The van der Waals surface area contributed by atoms with E-state index in [0.29, 0.717) is 11.6 Å². The number of pyridine rings is 2. The highest BCUT2D eigenvalue weighted by atomic mass is 15.4. The van der Waals surface area contributed by atoms with Gasteiger partial charge in [0.2, 0.25) is 0 Å². The van der Waals surface area contributed by atoms with Crippen LogP contribution in [0.2, 0.25) is 0 Å². The molecule has 0 saturated carbocycles. The minimum atomic E-state index is 0.634. The minimum absolute atomic E-state index is 0.634. The van der Waals surface area contributed by atoms with Gasteiger partial charge < -0.3 is 9.13 Å². The maximum absolute atomic E-state index is 5.04. The summed E-state index contributed by atoms with van der Waals surface area (Å²) in [6.45, 7) is 0. The molecule has 0 saturated heterocycles. The molecule has 0 radical (unpaired) electrons. The molecule has 0 fully saturated rings. The van der Waals surface area contributed by atoms with Crippen LogP contribution in [0.4, 0.5) is 0 Å². The molecule has 49 heavy (non-hydrogen) atoms. The molecular weight excluding hydrogens is 603 g/mol. The molecule has 10 rings (SSSR count). The third kappa shape index (κ3) is 4.29. The highest BCUT2D eigenvalue weighted by Crippen LogP contribution is 2.37. The Labute approximate surface area is 281 Å². The van der Waals surface area contributed by atoms with Crippen molar-refractivity contribution in [1.82, 2.24) is 33.9 Å². The van der Waals surface area contributed by atoms with Gasteiger partial charge in [-0.25, -0.2) is 9.67 Å². The smallest absolute Gasteiger partial charge is 0.182 e. The molecule has 0 unspecified atom stereocenters. The lowest BCUT2D eigenvalue weighted by atomic mass is 10.1. The van der Waals surface area contributed by atoms with Gasteiger partial charge in [0.05, 0.1) is 34.0 Å². The van der Waals surface area contributed by atoms with E-state index in [9.17, 15) is 0 Å². The number of rotatable bonds is 5. The Morgan fingerprint density at radius 1 is 0.408 bits per heavy atom. The van der Waals surface area contributed by atoms with Gasteiger partial charge in [-0.1, -0.05) is 60.7 Å². The number of para-hydroxylation sites is 3. The number of hydrogen-bond donors (Lipinski definition) is 0. The molecule has 7 heteroatoms. The first kappa shape index (κ1) is 27.3. The fourth-order valence-corrected chi connectivity index (χ4v) is 7.14. The Kier molecular flexibility index (Phi) is 6.04. The van der Waals surface area contributed by atoms with E-state index in [2.05, 4.69) is 134 Å². The van der Waals surface area contributed by atoms with E-state index in [0.717, 1.165) is 44.6 Å². The monoisotopic (exact) mass is 629 g/mol. The van der Waals surface area contributed by atoms with Crippen molar-refractivity contribution < 1.29 is 0 Å². The Morgan fingerprint density at radius 3 is 1.59 bits per heavy atom. The van der Waals surface area contributed by atoms with E-state index in [-0.39, 0.29) is 0 Å². The minimum Gasteiger partial charge on any atom is -0.309 e. The average Bonchev–Trinajstić information content (AvgIpc) is 3.86. The summed E-state index contributed by atoms with van der Waals surface area (Å²) in [5.41, 5.74) is 9.49. The quantitative estimate of drug-likeness (QED) is 0.190. The van der Waals surface area contributed by atoms with Crippen molar-refractivity contribution in [3.05, 3.63) is 164 Å². The van der Waals surface area contributed by atoms with Crippen molar-refractivity contribution in [3.63, 3.8) is 0 Å². The molecule has 10 aromatic rings. The first-order valence-corrected chi connectivity index (χ1v) is 16.2. The van der Waals surface area contributed by atoms with Crippen molar-refractivity contribution in [1.29, 1.82) is 0 Å². The second-order valence-corrected chi connectivity index (χ2v) is 12.1. The van der Waals surface area contributed by atoms with Crippen LogP contribution in [0.1, 0.15) is 0 Å². The molecule has 0 aliphatic heterocycles. The third-order valence-electron chi connectivity index (χ3n) is 9.27. The zero-order chi connectivity index (χ0) is 32.3. The maximum Gasteiger partial charge on any atom is 0.182 e. The van der Waals surface area contributed by atoms with Gasteiger partial charge in [-0.05, 0) is 78.9 Å². The van der Waals surface area contributed by atoms with Gasteiger partial charge >= 0.3 is 0 Å². The topological polar surface area (TPSA) is 66.3 Å². The first-order valence-electron chi connectivity index (χ1n) is 16.2. The molecule has 5 heterocycles. The second kappa shape index (κ2) is 10.9. The Hall–Kier alpha value is -6.86. The van der Waals surface area contributed by atoms with E-state index in [1.165, 1.54) is 27.2 Å². The molecule has 0 amide bonds. The predicted molar refractivity (Wildman–Crippen MR) is 196 cm³/mol. The van der Waals surface area contributed by atoms with Crippen LogP contribution in [0.5, 0.6) is 0 Å². The van der Waals surface area contributed by atoms with Crippen LogP contribution in [0.15, 0.2) is 164 Å². The summed E-state index contributed by atoms with van der Waals surface area (Å²) in [5.74, 6) is 1.34. The average molecular weight is 630 g/mol. The summed E-state index contributed by atoms with van der Waals surface area (Å²) in [7, 11) is 0. The molecule has 0 N–H and O–H groups in total. The molecule has 5 aromatic heterocycles. The highest BCUT2D eigenvalue weighted by Gasteiger charge is 2.19. The van der Waals surface area contributed by atoms with Crippen LogP contribution < -0.4 is 0 Å². The van der Waals surface area contributed by atoms with Crippen LogP contribution in [0.25, 0.3) is 83.4 Å². The Morgan fingerprint density at radius 2 is 0.980 bits per heavy atom. The fraction of sp³-hybridized carbons (Fsp3) is 0. The van der Waals surface area contributed by atoms with Gasteiger partial charge in [0.1, 0.15) is 0 Å². The molecule has 0 atom stereocenters. The number of aromatic nitrogens is 7. The third-order valence-corrected chi connectivity index (χ3v) is 9.27. The summed E-state index contributed by atoms with van der Waals surface area (Å²) >= 11 is 0. The van der Waals surface area contributed by atoms with Crippen molar-refractivity contribution >= 4 is 43.6 Å². The van der Waals surface area contributed by atoms with E-state index in [1.54, 1.807) is 18.6 Å². The van der Waals surface area contributed by atoms with Gasteiger partial charge in [0.25, 0.3) is 0 Å². The largest absolute Gasteiger partial charge is 0.309 e. The fourth-order valence-electron chi connectivity index (χ4n) is 7.14. The molecular formula is C42H27N7. The van der Waals surface area contributed by atoms with Crippen molar-refractivity contribution in [2.24, 2.45) is 0 Å². The van der Waals surface area contributed by atoms with Gasteiger partial charge in [0, 0.05) is 62.6 Å². The Bertz CT molecular complexity index is 2720. The normalized spacial score (nSPS) is 11.7. The highest BCUT2D eigenvalue weighted by molar-refractivity contribution is 6.11. The summed E-state index contributed by atoms with van der Waals surface area (Å²) in [5, 5.41) is 9.80. The summed E-state index contributed by atoms with van der Waals surface area (Å²) in [6, 6.07) is 49.0. The lowest BCUT2D eigenvalue weighted by Gasteiger charge is -2.13. The van der Waals surface area contributed by atoms with E-state index in [1.807, 2.05) is 35.1 Å². The van der Waals surface area contributed by atoms with Crippen LogP contribution in [-0.4, -0.2) is 33.9 Å². The molecule has 0 aliphatic carbocycles.